The molecule has 8 heteroatoms. The summed E-state index contributed by atoms with van der Waals surface area (Å²) in [7, 11) is -3.63. The highest BCUT2D eigenvalue weighted by atomic mass is 32.2. The largest absolute Gasteiger partial charge is 0.481 e. The van der Waals surface area contributed by atoms with Crippen LogP contribution in [0.1, 0.15) is 26.7 Å². The molecule has 0 fully saturated rings. The fourth-order valence-corrected chi connectivity index (χ4v) is 3.13. The van der Waals surface area contributed by atoms with Crippen molar-refractivity contribution in [2.24, 2.45) is 0 Å². The Balaban J connectivity index is 2.82. The number of carbonyl (C=O) groups is 1. The van der Waals surface area contributed by atoms with Crippen LogP contribution in [0.15, 0.2) is 17.6 Å². The van der Waals surface area contributed by atoms with Crippen molar-refractivity contribution >= 4 is 16.0 Å². The van der Waals surface area contributed by atoms with E-state index in [9.17, 15) is 13.2 Å². The molecule has 0 saturated carbocycles. The van der Waals surface area contributed by atoms with Gasteiger partial charge in [0.15, 0.2) is 5.03 Å². The number of nitrogens with zero attached hydrogens (tertiary/aromatic N) is 2. The summed E-state index contributed by atoms with van der Waals surface area (Å²) in [5.74, 6) is -0.933. The van der Waals surface area contributed by atoms with Crippen molar-refractivity contribution in [2.45, 2.75) is 37.8 Å². The molecule has 102 valence electrons. The summed E-state index contributed by atoms with van der Waals surface area (Å²) < 4.78 is 25.7. The highest BCUT2D eigenvalue weighted by Gasteiger charge is 2.27. The van der Waals surface area contributed by atoms with E-state index in [0.717, 1.165) is 0 Å². The van der Waals surface area contributed by atoms with Gasteiger partial charge in [0.25, 0.3) is 10.0 Å². The molecule has 0 atom stereocenters. The lowest BCUT2D eigenvalue weighted by Crippen LogP contribution is -2.38. The van der Waals surface area contributed by atoms with Crippen molar-refractivity contribution < 1.29 is 18.3 Å². The highest BCUT2D eigenvalue weighted by molar-refractivity contribution is 7.89. The molecule has 0 saturated heterocycles. The molecular weight excluding hydrogens is 258 g/mol. The number of carboxylic acids is 1. The molecule has 7 nitrogen and oxygen atoms in total. The summed E-state index contributed by atoms with van der Waals surface area (Å²) >= 11 is 0. The summed E-state index contributed by atoms with van der Waals surface area (Å²) in [4.78, 5) is 16.7. The average molecular weight is 275 g/mol. The van der Waals surface area contributed by atoms with E-state index in [-0.39, 0.29) is 30.5 Å². The predicted octanol–water partition coefficient (Wildman–Crippen LogP) is 0.674. The number of H-pyrrole nitrogens is 1. The van der Waals surface area contributed by atoms with Crippen LogP contribution in [0.4, 0.5) is 0 Å². The predicted molar refractivity (Wildman–Crippen MR) is 64.5 cm³/mol. The van der Waals surface area contributed by atoms with Gasteiger partial charge >= 0.3 is 5.97 Å². The van der Waals surface area contributed by atoms with Gasteiger partial charge in [0.2, 0.25) is 0 Å². The minimum absolute atomic E-state index is 0.0199. The van der Waals surface area contributed by atoms with Gasteiger partial charge in [-0.25, -0.2) is 13.4 Å². The number of aromatic amines is 1. The Labute approximate surface area is 106 Å². The highest BCUT2D eigenvalue weighted by Crippen LogP contribution is 2.16. The monoisotopic (exact) mass is 275 g/mol. The lowest BCUT2D eigenvalue weighted by molar-refractivity contribution is -0.137. The number of hydrogen-bond acceptors (Lipinski definition) is 4. The van der Waals surface area contributed by atoms with E-state index >= 15 is 0 Å². The van der Waals surface area contributed by atoms with Crippen LogP contribution in [0.5, 0.6) is 0 Å². The first-order valence-corrected chi connectivity index (χ1v) is 7.01. The molecule has 0 unspecified atom stereocenters. The second-order valence-electron chi connectivity index (χ2n) is 4.12. The lowest BCUT2D eigenvalue weighted by Gasteiger charge is -2.24. The normalized spacial score (nSPS) is 12.2. The maximum atomic E-state index is 12.2. The van der Waals surface area contributed by atoms with Crippen molar-refractivity contribution in [3.63, 3.8) is 0 Å². The van der Waals surface area contributed by atoms with E-state index in [1.54, 1.807) is 13.8 Å². The van der Waals surface area contributed by atoms with Crippen LogP contribution in [0.2, 0.25) is 0 Å². The average Bonchev–Trinajstić information content (AvgIpc) is 2.76. The van der Waals surface area contributed by atoms with Gasteiger partial charge in [-0.05, 0) is 20.3 Å². The SMILES string of the molecule is CC(C)N(CCCC(=O)O)S(=O)(=O)c1cnc[nH]1. The molecule has 0 aliphatic rings. The second kappa shape index (κ2) is 5.96. The van der Waals surface area contributed by atoms with Crippen LogP contribution >= 0.6 is 0 Å². The molecule has 0 bridgehead atoms. The van der Waals surface area contributed by atoms with Gasteiger partial charge in [0.05, 0.1) is 12.5 Å². The van der Waals surface area contributed by atoms with Crippen LogP contribution < -0.4 is 0 Å². The second-order valence-corrected chi connectivity index (χ2v) is 5.98. The van der Waals surface area contributed by atoms with Crippen molar-refractivity contribution in [1.82, 2.24) is 14.3 Å². The minimum Gasteiger partial charge on any atom is -0.481 e. The molecule has 0 aromatic carbocycles. The minimum atomic E-state index is -3.63. The van der Waals surface area contributed by atoms with Crippen LogP contribution in [-0.4, -0.2) is 46.4 Å². The van der Waals surface area contributed by atoms with E-state index < -0.39 is 16.0 Å². The van der Waals surface area contributed by atoms with Gasteiger partial charge in [0.1, 0.15) is 0 Å². The first-order chi connectivity index (χ1) is 8.35. The van der Waals surface area contributed by atoms with E-state index in [1.165, 1.54) is 16.8 Å². The van der Waals surface area contributed by atoms with Crippen LogP contribution in [0.3, 0.4) is 0 Å². The Morgan fingerprint density at radius 3 is 2.67 bits per heavy atom. The van der Waals surface area contributed by atoms with Gasteiger partial charge in [-0.1, -0.05) is 0 Å². The zero-order valence-corrected chi connectivity index (χ0v) is 11.1. The fraction of sp³-hybridized carbons (Fsp3) is 0.600. The third-order valence-corrected chi connectivity index (χ3v) is 4.41. The van der Waals surface area contributed by atoms with Crippen molar-refractivity contribution in [1.29, 1.82) is 0 Å². The van der Waals surface area contributed by atoms with Gasteiger partial charge in [-0.3, -0.25) is 4.79 Å². The molecule has 0 spiro atoms. The summed E-state index contributed by atoms with van der Waals surface area (Å²) in [6.45, 7) is 3.66. The number of hydrogen-bond donors (Lipinski definition) is 2. The van der Waals surface area contributed by atoms with E-state index in [0.29, 0.717) is 0 Å². The quantitative estimate of drug-likeness (QED) is 0.761. The number of nitrogens with one attached hydrogen (secondary N) is 1. The molecule has 0 amide bonds. The molecule has 0 aliphatic heterocycles. The summed E-state index contributed by atoms with van der Waals surface area (Å²) in [5, 5.41) is 8.59. The molecule has 1 heterocycles. The van der Waals surface area contributed by atoms with Crippen molar-refractivity contribution in [3.05, 3.63) is 12.5 Å². The fourth-order valence-electron chi connectivity index (χ4n) is 1.55. The smallest absolute Gasteiger partial charge is 0.303 e. The Kier molecular flexibility index (Phi) is 4.85. The molecule has 0 aliphatic carbocycles. The Morgan fingerprint density at radius 2 is 2.22 bits per heavy atom. The number of carboxylic acid groups (broad SMARTS) is 1. The number of imidazole rings is 1. The molecule has 1 rings (SSSR count). The molecule has 0 radical (unpaired) electrons. The standard InChI is InChI=1S/C10H17N3O4S/c1-8(2)13(5-3-4-10(14)15)18(16,17)9-6-11-7-12-9/h6-8H,3-5H2,1-2H3,(H,11,12)(H,14,15). The first kappa shape index (κ1) is 14.7. The summed E-state index contributed by atoms with van der Waals surface area (Å²) in [6, 6.07) is -0.243. The topological polar surface area (TPSA) is 103 Å². The van der Waals surface area contributed by atoms with E-state index in [1.807, 2.05) is 0 Å². The number of sulfonamides is 1. The lowest BCUT2D eigenvalue weighted by atomic mass is 10.3. The van der Waals surface area contributed by atoms with Gasteiger partial charge < -0.3 is 10.1 Å². The molecular formula is C10H17N3O4S. The number of aromatic nitrogens is 2. The zero-order chi connectivity index (χ0) is 13.8. The third-order valence-electron chi connectivity index (χ3n) is 2.40. The number of rotatable bonds is 7. The van der Waals surface area contributed by atoms with Crippen LogP contribution in [-0.2, 0) is 14.8 Å². The molecule has 1 aromatic rings. The first-order valence-electron chi connectivity index (χ1n) is 5.57. The Hall–Kier alpha value is -1.41. The number of aliphatic carboxylic acids is 1. The van der Waals surface area contributed by atoms with Gasteiger partial charge in [-0.2, -0.15) is 4.31 Å². The van der Waals surface area contributed by atoms with E-state index in [2.05, 4.69) is 9.97 Å². The molecule has 18 heavy (non-hydrogen) atoms. The van der Waals surface area contributed by atoms with E-state index in [4.69, 9.17) is 5.11 Å². The Morgan fingerprint density at radius 1 is 1.56 bits per heavy atom. The van der Waals surface area contributed by atoms with Gasteiger partial charge in [0, 0.05) is 19.0 Å². The maximum Gasteiger partial charge on any atom is 0.303 e. The molecule has 1 aromatic heterocycles. The third kappa shape index (κ3) is 3.54. The summed E-state index contributed by atoms with van der Waals surface area (Å²) in [5.41, 5.74) is 0. The zero-order valence-electron chi connectivity index (χ0n) is 10.3. The van der Waals surface area contributed by atoms with Crippen LogP contribution in [0.25, 0.3) is 0 Å². The Bertz CT molecular complexity index is 481. The van der Waals surface area contributed by atoms with Crippen molar-refractivity contribution in [2.75, 3.05) is 6.54 Å². The van der Waals surface area contributed by atoms with Crippen LogP contribution in [0, 0.1) is 0 Å². The molecule has 2 N–H and O–H groups in total. The summed E-state index contributed by atoms with van der Waals surface area (Å²) in [6.07, 6.45) is 2.76. The maximum absolute atomic E-state index is 12.2. The van der Waals surface area contributed by atoms with Crippen molar-refractivity contribution in [3.8, 4) is 0 Å². The van der Waals surface area contributed by atoms with Gasteiger partial charge in [-0.15, -0.1) is 0 Å².